The third-order valence-electron chi connectivity index (χ3n) is 5.94. The van der Waals surface area contributed by atoms with Gasteiger partial charge >= 0.3 is 18.2 Å². The monoisotopic (exact) mass is 588 g/mol. The number of hydrogen-bond donors (Lipinski definition) is 1. The van der Waals surface area contributed by atoms with Crippen LogP contribution in [-0.2, 0) is 33.5 Å². The summed E-state index contributed by atoms with van der Waals surface area (Å²) >= 11 is 0. The van der Waals surface area contributed by atoms with Crippen molar-refractivity contribution in [2.45, 2.75) is 52.1 Å². The van der Waals surface area contributed by atoms with E-state index in [1.807, 2.05) is 0 Å². The van der Waals surface area contributed by atoms with E-state index in [0.29, 0.717) is 22.4 Å². The molecule has 4 rings (SSSR count). The molecule has 4 aromatic heterocycles. The first-order chi connectivity index (χ1) is 19.7. The van der Waals surface area contributed by atoms with E-state index in [1.54, 1.807) is 62.1 Å². The highest BCUT2D eigenvalue weighted by molar-refractivity contribution is 5.95. The van der Waals surface area contributed by atoms with Crippen LogP contribution >= 0.6 is 0 Å². The lowest BCUT2D eigenvalue weighted by molar-refractivity contribution is -0.141. The molecule has 0 fully saturated rings. The van der Waals surface area contributed by atoms with Crippen molar-refractivity contribution in [1.29, 1.82) is 0 Å². The largest absolute Gasteiger partial charge is 0.469 e. The van der Waals surface area contributed by atoms with Gasteiger partial charge in [0.15, 0.2) is 5.82 Å². The van der Waals surface area contributed by atoms with Crippen LogP contribution in [0.4, 0.5) is 29.7 Å². The molecule has 0 aliphatic heterocycles. The maximum Gasteiger partial charge on any atom is 0.433 e. The fourth-order valence-electron chi connectivity index (χ4n) is 3.94. The minimum atomic E-state index is -4.50. The van der Waals surface area contributed by atoms with E-state index in [9.17, 15) is 22.8 Å². The Kier molecular flexibility index (Phi) is 8.68. The van der Waals surface area contributed by atoms with Gasteiger partial charge in [0.25, 0.3) is 0 Å². The molecule has 0 saturated carbocycles. The third-order valence-corrected chi connectivity index (χ3v) is 5.94. The molecule has 0 aliphatic rings. The van der Waals surface area contributed by atoms with Gasteiger partial charge in [0.1, 0.15) is 16.8 Å². The van der Waals surface area contributed by atoms with Crippen LogP contribution in [-0.4, -0.2) is 67.7 Å². The Morgan fingerprint density at radius 1 is 1.07 bits per heavy atom. The number of nitrogens with zero attached hydrogens (tertiary/aromatic N) is 7. The van der Waals surface area contributed by atoms with Crippen molar-refractivity contribution in [2.24, 2.45) is 0 Å². The van der Waals surface area contributed by atoms with Gasteiger partial charge in [-0.25, -0.2) is 14.3 Å². The van der Waals surface area contributed by atoms with Crippen LogP contribution in [0.1, 0.15) is 44.0 Å². The minimum Gasteiger partial charge on any atom is -0.469 e. The number of pyridine rings is 1. The van der Waals surface area contributed by atoms with Crippen LogP contribution < -0.4 is 10.2 Å². The zero-order valence-electron chi connectivity index (χ0n) is 23.8. The number of carbonyl (C=O) groups is 2. The molecule has 0 spiro atoms. The average molecular weight is 589 g/mol. The van der Waals surface area contributed by atoms with Crippen LogP contribution in [0.15, 0.2) is 43.0 Å². The van der Waals surface area contributed by atoms with E-state index in [4.69, 9.17) is 9.47 Å². The van der Waals surface area contributed by atoms with E-state index in [1.165, 1.54) is 23.9 Å². The van der Waals surface area contributed by atoms with Gasteiger partial charge in [-0.2, -0.15) is 23.3 Å². The summed E-state index contributed by atoms with van der Waals surface area (Å²) in [7, 11) is 3.05. The Labute approximate surface area is 239 Å². The summed E-state index contributed by atoms with van der Waals surface area (Å²) < 4.78 is 51.5. The summed E-state index contributed by atoms with van der Waals surface area (Å²) in [5, 5.41) is 7.42. The topological polar surface area (TPSA) is 129 Å². The number of rotatable bonds is 9. The van der Waals surface area contributed by atoms with Crippen LogP contribution in [0.2, 0.25) is 0 Å². The lowest BCUT2D eigenvalue weighted by atomic mass is 10.2. The molecule has 0 saturated heterocycles. The van der Waals surface area contributed by atoms with Crippen molar-refractivity contribution < 1.29 is 32.2 Å². The van der Waals surface area contributed by atoms with E-state index >= 15 is 0 Å². The molecule has 0 aromatic carbocycles. The van der Waals surface area contributed by atoms with Crippen molar-refractivity contribution in [1.82, 2.24) is 29.3 Å². The van der Waals surface area contributed by atoms with Crippen LogP contribution in [0.25, 0.3) is 11.0 Å². The first kappa shape index (κ1) is 30.3. The number of hydrogen-bond acceptors (Lipinski definition) is 10. The van der Waals surface area contributed by atoms with Crippen molar-refractivity contribution in [2.75, 3.05) is 30.9 Å². The molecule has 42 heavy (non-hydrogen) atoms. The van der Waals surface area contributed by atoms with Gasteiger partial charge in [-0.05, 0) is 38.5 Å². The summed E-state index contributed by atoms with van der Waals surface area (Å²) in [6, 6.07) is 3.96. The maximum atomic E-state index is 12.9. The molecule has 224 valence electrons. The van der Waals surface area contributed by atoms with Gasteiger partial charge in [0.05, 0.1) is 31.8 Å². The molecular weight excluding hydrogens is 557 g/mol. The Hall–Kier alpha value is -4.69. The Balaban J connectivity index is 1.53. The number of carbonyl (C=O) groups excluding carboxylic acids is 2. The number of halogens is 3. The summed E-state index contributed by atoms with van der Waals surface area (Å²) in [5.41, 5.74) is 0.550. The predicted molar refractivity (Wildman–Crippen MR) is 147 cm³/mol. The normalized spacial score (nSPS) is 11.9. The number of alkyl halides is 3. The van der Waals surface area contributed by atoms with Crippen LogP contribution in [0, 0.1) is 0 Å². The Morgan fingerprint density at radius 2 is 1.83 bits per heavy atom. The van der Waals surface area contributed by atoms with Crippen molar-refractivity contribution in [3.05, 3.63) is 59.8 Å². The van der Waals surface area contributed by atoms with Crippen molar-refractivity contribution in [3.8, 4) is 0 Å². The van der Waals surface area contributed by atoms with Crippen molar-refractivity contribution >= 4 is 34.9 Å². The van der Waals surface area contributed by atoms with E-state index in [2.05, 4.69) is 25.4 Å². The molecule has 0 atom stereocenters. The summed E-state index contributed by atoms with van der Waals surface area (Å²) in [6.45, 7) is 6.09. The second-order valence-corrected chi connectivity index (χ2v) is 10.5. The molecule has 4 heterocycles. The van der Waals surface area contributed by atoms with Gasteiger partial charge in [-0.3, -0.25) is 14.5 Å². The Bertz CT molecular complexity index is 1560. The average Bonchev–Trinajstić information content (AvgIpc) is 3.55. The number of nitrogens with one attached hydrogen (secondary N) is 1. The van der Waals surface area contributed by atoms with E-state index in [0.717, 1.165) is 11.6 Å². The molecule has 0 amide bonds. The highest BCUT2D eigenvalue weighted by Crippen LogP contribution is 2.28. The fourth-order valence-corrected chi connectivity index (χ4v) is 3.94. The fraction of sp³-hybridized carbons (Fsp3) is 0.407. The summed E-state index contributed by atoms with van der Waals surface area (Å²) in [4.78, 5) is 39.1. The third kappa shape index (κ3) is 7.53. The summed E-state index contributed by atoms with van der Waals surface area (Å²) in [6.07, 6.45) is 1.09. The second kappa shape index (κ2) is 12.0. The molecule has 4 aromatic rings. The van der Waals surface area contributed by atoms with Crippen LogP contribution in [0.5, 0.6) is 0 Å². The van der Waals surface area contributed by atoms with Gasteiger partial charge in [0.2, 0.25) is 5.95 Å². The number of esters is 1. The molecular formula is C27H31F3N8O4. The first-order valence-corrected chi connectivity index (χ1v) is 12.9. The van der Waals surface area contributed by atoms with Gasteiger partial charge in [-0.1, -0.05) is 6.07 Å². The van der Waals surface area contributed by atoms with Gasteiger partial charge in [-0.15, -0.1) is 0 Å². The molecule has 0 bridgehead atoms. The van der Waals surface area contributed by atoms with Crippen molar-refractivity contribution in [3.63, 3.8) is 0 Å². The smallest absolute Gasteiger partial charge is 0.433 e. The molecule has 0 aliphatic carbocycles. The predicted octanol–water partition coefficient (Wildman–Crippen LogP) is 4.48. The standard InChI is InChI=1S/C27H31F3N8O4/c1-26(2,3)42-25(40)38-11-8-19-22(38)23(36(4)10-9-21(39)41-5)35-24(34-19)32-13-18-14-33-37(16-18)15-17-6-7-20(31-12-17)27(28,29)30/h6-8,11-12,14,16H,9-10,13,15H2,1-5H3,(H,32,34,35). The lowest BCUT2D eigenvalue weighted by Crippen LogP contribution is -2.28. The SMILES string of the molecule is COC(=O)CCN(C)c1nc(NCc2cnn(Cc3ccc(C(F)(F)F)nc3)c2)nc2ccn(C(=O)OC(C)(C)C)c12. The molecule has 0 radical (unpaired) electrons. The summed E-state index contributed by atoms with van der Waals surface area (Å²) in [5.74, 6) is 0.272. The lowest BCUT2D eigenvalue weighted by Gasteiger charge is -2.22. The highest BCUT2D eigenvalue weighted by atomic mass is 19.4. The minimum absolute atomic E-state index is 0.0992. The first-order valence-electron chi connectivity index (χ1n) is 12.9. The molecule has 15 heteroatoms. The van der Waals surface area contributed by atoms with E-state index < -0.39 is 29.5 Å². The number of methoxy groups -OCH3 is 1. The van der Waals surface area contributed by atoms with Gasteiger partial charge in [0, 0.05) is 44.3 Å². The quantitative estimate of drug-likeness (QED) is 0.279. The zero-order chi connectivity index (χ0) is 30.7. The number of anilines is 2. The molecule has 0 unspecified atom stereocenters. The van der Waals surface area contributed by atoms with Crippen LogP contribution in [0.3, 0.4) is 0 Å². The number of ether oxygens (including phenoxy) is 2. The number of fused-ring (bicyclic) bond motifs is 1. The second-order valence-electron chi connectivity index (χ2n) is 10.5. The number of aromatic nitrogens is 6. The molecule has 12 nitrogen and oxygen atoms in total. The van der Waals surface area contributed by atoms with Gasteiger partial charge < -0.3 is 19.7 Å². The molecule has 1 N–H and O–H groups in total. The van der Waals surface area contributed by atoms with E-state index in [-0.39, 0.29) is 32.0 Å². The highest BCUT2D eigenvalue weighted by Gasteiger charge is 2.32. The Morgan fingerprint density at radius 3 is 2.48 bits per heavy atom. The zero-order valence-corrected chi connectivity index (χ0v) is 23.8. The maximum absolute atomic E-state index is 12.9.